The van der Waals surface area contributed by atoms with Crippen LogP contribution in [0.15, 0.2) is 40.2 Å². The molecule has 2 heterocycles. The van der Waals surface area contributed by atoms with Crippen LogP contribution in [0.2, 0.25) is 0 Å². The van der Waals surface area contributed by atoms with Gasteiger partial charge in [0.25, 0.3) is 0 Å². The number of ketones is 1. The lowest BCUT2D eigenvalue weighted by molar-refractivity contribution is 0.0995. The smallest absolute Gasteiger partial charge is 0.179 e. The molecular formula is C14H11BrN2OS. The summed E-state index contributed by atoms with van der Waals surface area (Å²) in [5, 5.41) is 7.41. The lowest BCUT2D eigenvalue weighted by Gasteiger charge is -1.97. The maximum Gasteiger partial charge on any atom is 0.179 e. The first-order valence-electron chi connectivity index (χ1n) is 5.83. The van der Waals surface area contributed by atoms with Gasteiger partial charge in [0, 0.05) is 16.9 Å². The second kappa shape index (κ2) is 4.90. The van der Waals surface area contributed by atoms with E-state index < -0.39 is 0 Å². The van der Waals surface area contributed by atoms with Gasteiger partial charge in [0.05, 0.1) is 22.5 Å². The number of hydrogen-bond donors (Lipinski definition) is 0. The van der Waals surface area contributed by atoms with Gasteiger partial charge in [-0.3, -0.25) is 9.48 Å². The molecule has 0 saturated heterocycles. The topological polar surface area (TPSA) is 34.9 Å². The Hall–Kier alpha value is -1.46. The van der Waals surface area contributed by atoms with E-state index in [1.165, 1.54) is 11.3 Å². The largest absolute Gasteiger partial charge is 0.293 e. The van der Waals surface area contributed by atoms with Crippen LogP contribution in [-0.2, 0) is 13.5 Å². The second-order valence-electron chi connectivity index (χ2n) is 4.29. The molecule has 3 rings (SSSR count). The molecule has 0 N–H and O–H groups in total. The van der Waals surface area contributed by atoms with Gasteiger partial charge < -0.3 is 0 Å². The number of hydrogen-bond acceptors (Lipinski definition) is 3. The van der Waals surface area contributed by atoms with Gasteiger partial charge in [-0.25, -0.2) is 0 Å². The van der Waals surface area contributed by atoms with Crippen molar-refractivity contribution in [3.8, 4) is 0 Å². The van der Waals surface area contributed by atoms with Crippen LogP contribution in [0.4, 0.5) is 0 Å². The van der Waals surface area contributed by atoms with E-state index in [9.17, 15) is 4.79 Å². The Bertz CT molecular complexity index is 760. The summed E-state index contributed by atoms with van der Waals surface area (Å²) in [5.74, 6) is 0.103. The van der Waals surface area contributed by atoms with Crippen LogP contribution in [0, 0.1) is 0 Å². The van der Waals surface area contributed by atoms with Crippen LogP contribution in [0.1, 0.15) is 15.4 Å². The number of para-hydroxylation sites is 1. The van der Waals surface area contributed by atoms with E-state index in [1.807, 2.05) is 47.4 Å². The fourth-order valence-corrected chi connectivity index (χ4v) is 3.68. The molecule has 0 bridgehead atoms. The minimum atomic E-state index is 0.103. The molecule has 0 aliphatic rings. The monoisotopic (exact) mass is 334 g/mol. The molecule has 96 valence electrons. The summed E-state index contributed by atoms with van der Waals surface area (Å²) < 4.78 is 2.68. The normalized spacial score (nSPS) is 11.1. The molecule has 0 saturated carbocycles. The highest BCUT2D eigenvalue weighted by Gasteiger charge is 2.16. The molecule has 0 radical (unpaired) electrons. The Morgan fingerprint density at radius 1 is 1.37 bits per heavy atom. The van der Waals surface area contributed by atoms with E-state index in [0.717, 1.165) is 25.9 Å². The third kappa shape index (κ3) is 2.24. The molecule has 0 spiro atoms. The zero-order chi connectivity index (χ0) is 13.4. The van der Waals surface area contributed by atoms with Crippen LogP contribution in [0.25, 0.3) is 10.9 Å². The molecule has 1 aromatic carbocycles. The van der Waals surface area contributed by atoms with E-state index in [-0.39, 0.29) is 5.78 Å². The minimum Gasteiger partial charge on any atom is -0.293 e. The standard InChI is InChI=1S/C14H11BrN2OS/c1-17-12-5-3-2-4-9(12)11(16-17)8-13(18)14-10(15)6-7-19-14/h2-7H,8H2,1H3. The van der Waals surface area contributed by atoms with E-state index in [0.29, 0.717) is 6.42 Å². The van der Waals surface area contributed by atoms with Crippen LogP contribution < -0.4 is 0 Å². The molecule has 0 aliphatic heterocycles. The van der Waals surface area contributed by atoms with Crippen molar-refractivity contribution in [2.45, 2.75) is 6.42 Å². The Kier molecular flexibility index (Phi) is 3.24. The molecule has 0 amide bonds. The third-order valence-electron chi connectivity index (χ3n) is 3.03. The first-order valence-corrected chi connectivity index (χ1v) is 7.51. The number of fused-ring (bicyclic) bond motifs is 1. The number of aromatic nitrogens is 2. The number of rotatable bonds is 3. The predicted octanol–water partition coefficient (Wildman–Crippen LogP) is 3.82. The van der Waals surface area contributed by atoms with Crippen molar-refractivity contribution >= 4 is 44.0 Å². The van der Waals surface area contributed by atoms with Crippen molar-refractivity contribution in [1.29, 1.82) is 0 Å². The molecule has 5 heteroatoms. The molecule has 0 unspecified atom stereocenters. The molecule has 19 heavy (non-hydrogen) atoms. The number of Topliss-reactive ketones (excluding diaryl/α,β-unsaturated/α-hetero) is 1. The van der Waals surface area contributed by atoms with Gasteiger partial charge in [0.1, 0.15) is 0 Å². The first-order chi connectivity index (χ1) is 9.16. The van der Waals surface area contributed by atoms with E-state index in [4.69, 9.17) is 0 Å². The maximum absolute atomic E-state index is 12.3. The lowest BCUT2D eigenvalue weighted by Crippen LogP contribution is -2.03. The molecule has 0 aliphatic carbocycles. The summed E-state index contributed by atoms with van der Waals surface area (Å²) in [6.07, 6.45) is 0.334. The van der Waals surface area contributed by atoms with Gasteiger partial charge in [-0.15, -0.1) is 11.3 Å². The van der Waals surface area contributed by atoms with Crippen LogP contribution in [0.3, 0.4) is 0 Å². The summed E-state index contributed by atoms with van der Waals surface area (Å²) in [6, 6.07) is 9.87. The quantitative estimate of drug-likeness (QED) is 0.682. The van der Waals surface area contributed by atoms with Crippen LogP contribution >= 0.6 is 27.3 Å². The van der Waals surface area contributed by atoms with Crippen LogP contribution in [-0.4, -0.2) is 15.6 Å². The Morgan fingerprint density at radius 3 is 2.89 bits per heavy atom. The SMILES string of the molecule is Cn1nc(CC(=O)c2sccc2Br)c2ccccc21. The number of halogens is 1. The number of benzene rings is 1. The summed E-state index contributed by atoms with van der Waals surface area (Å²) >= 11 is 4.86. The first kappa shape index (κ1) is 12.6. The Labute approximate surface area is 123 Å². The van der Waals surface area contributed by atoms with Crippen molar-refractivity contribution in [2.75, 3.05) is 0 Å². The summed E-state index contributed by atoms with van der Waals surface area (Å²) in [4.78, 5) is 13.0. The Morgan fingerprint density at radius 2 is 2.16 bits per heavy atom. The van der Waals surface area contributed by atoms with Crippen molar-refractivity contribution in [3.63, 3.8) is 0 Å². The van der Waals surface area contributed by atoms with Crippen molar-refractivity contribution < 1.29 is 4.79 Å². The van der Waals surface area contributed by atoms with Gasteiger partial charge in [0.15, 0.2) is 5.78 Å². The predicted molar refractivity (Wildman–Crippen MR) is 80.8 cm³/mol. The highest BCUT2D eigenvalue weighted by Crippen LogP contribution is 2.25. The number of thiophene rings is 1. The summed E-state index contributed by atoms with van der Waals surface area (Å²) in [6.45, 7) is 0. The highest BCUT2D eigenvalue weighted by molar-refractivity contribution is 9.10. The number of nitrogens with zero attached hydrogens (tertiary/aromatic N) is 2. The molecule has 0 fully saturated rings. The van der Waals surface area contributed by atoms with Gasteiger partial charge >= 0.3 is 0 Å². The summed E-state index contributed by atoms with van der Waals surface area (Å²) in [7, 11) is 1.90. The van der Waals surface area contributed by atoms with Gasteiger partial charge in [-0.2, -0.15) is 5.10 Å². The highest BCUT2D eigenvalue weighted by atomic mass is 79.9. The van der Waals surface area contributed by atoms with Crippen molar-refractivity contribution in [3.05, 3.63) is 50.8 Å². The average molecular weight is 335 g/mol. The fourth-order valence-electron chi connectivity index (χ4n) is 2.14. The molecule has 3 aromatic rings. The maximum atomic E-state index is 12.3. The van der Waals surface area contributed by atoms with Gasteiger partial charge in [0.2, 0.25) is 0 Å². The zero-order valence-corrected chi connectivity index (χ0v) is 12.7. The molecule has 0 atom stereocenters. The van der Waals surface area contributed by atoms with E-state index >= 15 is 0 Å². The van der Waals surface area contributed by atoms with Crippen molar-refractivity contribution in [2.24, 2.45) is 7.05 Å². The number of carbonyl (C=O) groups is 1. The van der Waals surface area contributed by atoms with E-state index in [1.54, 1.807) is 0 Å². The molecular weight excluding hydrogens is 324 g/mol. The summed E-state index contributed by atoms with van der Waals surface area (Å²) in [5.41, 5.74) is 1.89. The Balaban J connectivity index is 1.98. The number of carbonyl (C=O) groups excluding carboxylic acids is 1. The average Bonchev–Trinajstić information content (AvgIpc) is 2.95. The second-order valence-corrected chi connectivity index (χ2v) is 6.06. The minimum absolute atomic E-state index is 0.103. The third-order valence-corrected chi connectivity index (χ3v) is 4.91. The van der Waals surface area contributed by atoms with Gasteiger partial charge in [-0.05, 0) is 33.4 Å². The van der Waals surface area contributed by atoms with Crippen LogP contribution in [0.5, 0.6) is 0 Å². The lowest BCUT2D eigenvalue weighted by atomic mass is 10.1. The zero-order valence-electron chi connectivity index (χ0n) is 10.3. The van der Waals surface area contributed by atoms with Crippen molar-refractivity contribution in [1.82, 2.24) is 9.78 Å². The molecule has 2 aromatic heterocycles. The van der Waals surface area contributed by atoms with Gasteiger partial charge in [-0.1, -0.05) is 18.2 Å². The fraction of sp³-hybridized carbons (Fsp3) is 0.143. The molecule has 3 nitrogen and oxygen atoms in total. The van der Waals surface area contributed by atoms with E-state index in [2.05, 4.69) is 21.0 Å². The number of aryl methyl sites for hydroxylation is 1.